The first-order chi connectivity index (χ1) is 21.4. The van der Waals surface area contributed by atoms with Crippen molar-refractivity contribution in [2.75, 3.05) is 33.2 Å². The van der Waals surface area contributed by atoms with Gasteiger partial charge in [-0.3, -0.25) is 19.6 Å². The Morgan fingerprint density at radius 1 is 1.07 bits per heavy atom. The number of fused-ring (bicyclic) bond motifs is 1. The van der Waals surface area contributed by atoms with Crippen molar-refractivity contribution in [3.05, 3.63) is 77.5 Å². The number of aliphatic imine (C=N–C) groups is 1. The summed E-state index contributed by atoms with van der Waals surface area (Å²) in [5.41, 5.74) is 12.8. The van der Waals surface area contributed by atoms with E-state index in [2.05, 4.69) is 22.3 Å². The fraction of sp³-hybridized carbons (Fsp3) is 0.424. The zero-order valence-corrected chi connectivity index (χ0v) is 25.6. The smallest absolute Gasteiger partial charge is 0.390 e. The maximum Gasteiger partial charge on any atom is 0.416 e. The number of nitrogens with one attached hydrogen (secondary N) is 2. The van der Waals surface area contributed by atoms with E-state index in [-0.39, 0.29) is 18.6 Å². The molecule has 242 valence electrons. The Bertz CT molecular complexity index is 1450. The van der Waals surface area contributed by atoms with Gasteiger partial charge in [0.2, 0.25) is 5.91 Å². The lowest BCUT2D eigenvalue weighted by atomic mass is 9.96. The van der Waals surface area contributed by atoms with Crippen molar-refractivity contribution < 1.29 is 27.2 Å². The highest BCUT2D eigenvalue weighted by atomic mass is 19.4. The summed E-state index contributed by atoms with van der Waals surface area (Å²) >= 11 is 0. The van der Waals surface area contributed by atoms with E-state index < -0.39 is 29.7 Å². The van der Waals surface area contributed by atoms with Crippen LogP contribution in [0.5, 0.6) is 0 Å². The Kier molecular flexibility index (Phi) is 13.2. The second-order valence-corrected chi connectivity index (χ2v) is 11.6. The molecule has 0 aliphatic rings. The summed E-state index contributed by atoms with van der Waals surface area (Å²) in [6, 6.07) is 12.0. The van der Waals surface area contributed by atoms with E-state index in [1.807, 2.05) is 30.3 Å². The lowest BCUT2D eigenvalue weighted by Gasteiger charge is -2.34. The largest absolute Gasteiger partial charge is 0.416 e. The number of unbranched alkanes of at least 4 members (excludes halogenated alkanes) is 1. The zero-order valence-electron chi connectivity index (χ0n) is 25.6. The highest BCUT2D eigenvalue weighted by molar-refractivity contribution is 5.92. The number of rotatable bonds is 18. The van der Waals surface area contributed by atoms with Gasteiger partial charge in [0.05, 0.1) is 62.7 Å². The molecule has 9 nitrogen and oxygen atoms in total. The number of alkyl halides is 3. The van der Waals surface area contributed by atoms with Crippen molar-refractivity contribution >= 4 is 35.1 Å². The third-order valence-electron chi connectivity index (χ3n) is 7.92. The predicted octanol–water partition coefficient (Wildman–Crippen LogP) is 4.06. The highest BCUT2D eigenvalue weighted by Crippen LogP contribution is 2.29. The third-order valence-corrected chi connectivity index (χ3v) is 7.92. The number of ketones is 1. The number of hydrogen-bond acceptors (Lipinski definition) is 6. The number of benzene rings is 2. The molecule has 0 fully saturated rings. The number of aromatic nitrogens is 1. The number of nitrogens with two attached hydrogens (primary N) is 2. The van der Waals surface area contributed by atoms with Gasteiger partial charge in [0.15, 0.2) is 5.78 Å². The summed E-state index contributed by atoms with van der Waals surface area (Å²) in [5, 5.41) is 10.9. The molecule has 0 aliphatic heterocycles. The van der Waals surface area contributed by atoms with Crippen LogP contribution in [0.15, 0.2) is 65.8 Å². The second-order valence-electron chi connectivity index (χ2n) is 11.6. The van der Waals surface area contributed by atoms with E-state index in [0.717, 1.165) is 49.1 Å². The van der Waals surface area contributed by atoms with Gasteiger partial charge in [-0.25, -0.2) is 0 Å². The number of likely N-dealkylation sites (N-methyl/N-ethyl adjacent to an activating group) is 1. The Hall–Kier alpha value is -4.16. The van der Waals surface area contributed by atoms with E-state index in [1.165, 1.54) is 24.7 Å². The van der Waals surface area contributed by atoms with Gasteiger partial charge in [-0.15, -0.1) is 0 Å². The number of pyridine rings is 1. The highest BCUT2D eigenvalue weighted by Gasteiger charge is 2.31. The summed E-state index contributed by atoms with van der Waals surface area (Å²) in [5.74, 6) is -0.800. The van der Waals surface area contributed by atoms with E-state index in [9.17, 15) is 22.8 Å². The predicted molar refractivity (Wildman–Crippen MR) is 171 cm³/mol. The van der Waals surface area contributed by atoms with Crippen LogP contribution in [0.25, 0.3) is 10.9 Å². The second kappa shape index (κ2) is 16.8. The SMILES string of the molecule is C[N+](CCCC=N)(CCC[C@H](N)C(=O)N[C@@H](Cc1ccc(C(F)(F)F)cc1)C(=O)Cc1cnc2ccccc2c1)CCN=CN. The maximum atomic E-state index is 13.5. The van der Waals surface area contributed by atoms with Crippen LogP contribution < -0.4 is 16.8 Å². The van der Waals surface area contributed by atoms with E-state index in [1.54, 1.807) is 6.20 Å². The van der Waals surface area contributed by atoms with Crippen molar-refractivity contribution in [1.29, 1.82) is 5.41 Å². The molecule has 0 saturated carbocycles. The quantitative estimate of drug-likeness (QED) is 0.0728. The minimum atomic E-state index is -4.48. The molecule has 0 aliphatic carbocycles. The molecule has 0 saturated heterocycles. The lowest BCUT2D eigenvalue weighted by molar-refractivity contribution is -0.908. The van der Waals surface area contributed by atoms with Crippen LogP contribution in [-0.4, -0.2) is 79.0 Å². The molecule has 0 radical (unpaired) electrons. The number of Topliss-reactive ketones (excluding diaryl/α,β-unsaturated/α-hetero) is 1. The normalized spacial score (nSPS) is 14.6. The number of hydrogen-bond donors (Lipinski definition) is 4. The molecule has 45 heavy (non-hydrogen) atoms. The van der Waals surface area contributed by atoms with Gasteiger partial charge in [-0.1, -0.05) is 30.3 Å². The standard InChI is InChI=1S/C33H42F3N7O2/c1-43(16-5-4-14-37,18-15-40-23-38)17-6-8-28(39)32(45)42-30(20-24-10-12-27(13-11-24)33(34,35)36)31(44)21-25-19-26-7-2-3-9-29(26)41-22-25/h2-3,7,9-14,19,22-23,28,30,37H,4-6,8,15-18,20-21,39H2,1H3,(H2-,38,40,42,45)/p+1/t28-,30-,43?/m0/s1. The van der Waals surface area contributed by atoms with Gasteiger partial charge >= 0.3 is 6.18 Å². The molecule has 1 heterocycles. The first-order valence-corrected chi connectivity index (χ1v) is 15.0. The Balaban J connectivity index is 1.69. The van der Waals surface area contributed by atoms with E-state index >= 15 is 0 Å². The summed E-state index contributed by atoms with van der Waals surface area (Å²) < 4.78 is 40.0. The number of amides is 1. The fourth-order valence-corrected chi connectivity index (χ4v) is 5.24. The monoisotopic (exact) mass is 626 g/mol. The average molecular weight is 627 g/mol. The Morgan fingerprint density at radius 2 is 1.78 bits per heavy atom. The fourth-order valence-electron chi connectivity index (χ4n) is 5.24. The summed E-state index contributed by atoms with van der Waals surface area (Å²) in [6.45, 7) is 2.89. The zero-order chi connectivity index (χ0) is 32.9. The molecule has 3 aromatic rings. The first-order valence-electron chi connectivity index (χ1n) is 15.0. The maximum absolute atomic E-state index is 13.5. The number of quaternary nitrogens is 1. The molecule has 3 atom stereocenters. The van der Waals surface area contributed by atoms with Gasteiger partial charge < -0.3 is 26.7 Å². The molecular weight excluding hydrogens is 583 g/mol. The van der Waals surface area contributed by atoms with Gasteiger partial charge in [0.1, 0.15) is 0 Å². The molecule has 0 bridgehead atoms. The number of carbonyl (C=O) groups excluding carboxylic acids is 2. The molecule has 3 rings (SSSR count). The number of para-hydroxylation sites is 1. The van der Waals surface area contributed by atoms with Crippen LogP contribution >= 0.6 is 0 Å². The van der Waals surface area contributed by atoms with Crippen LogP contribution in [0.1, 0.15) is 42.4 Å². The lowest BCUT2D eigenvalue weighted by Crippen LogP contribution is -2.51. The van der Waals surface area contributed by atoms with Crippen LogP contribution in [0.2, 0.25) is 0 Å². The van der Waals surface area contributed by atoms with E-state index in [4.69, 9.17) is 16.9 Å². The van der Waals surface area contributed by atoms with Crippen molar-refractivity contribution in [3.63, 3.8) is 0 Å². The van der Waals surface area contributed by atoms with Crippen molar-refractivity contribution in [3.8, 4) is 0 Å². The van der Waals surface area contributed by atoms with Crippen LogP contribution in [0.3, 0.4) is 0 Å². The average Bonchev–Trinajstić information content (AvgIpc) is 3.00. The first kappa shape index (κ1) is 35.3. The molecule has 2 aromatic carbocycles. The molecule has 6 N–H and O–H groups in total. The molecule has 0 spiro atoms. The number of carbonyl (C=O) groups is 2. The van der Waals surface area contributed by atoms with Gasteiger partial charge in [-0.05, 0) is 67.3 Å². The minimum Gasteiger partial charge on any atom is -0.390 e. The Labute approximate surface area is 262 Å². The van der Waals surface area contributed by atoms with Crippen molar-refractivity contribution in [1.82, 2.24) is 10.3 Å². The van der Waals surface area contributed by atoms with Crippen LogP contribution in [0.4, 0.5) is 13.2 Å². The van der Waals surface area contributed by atoms with Gasteiger partial charge in [0, 0.05) is 24.4 Å². The van der Waals surface area contributed by atoms with Crippen molar-refractivity contribution in [2.24, 2.45) is 16.5 Å². The van der Waals surface area contributed by atoms with Gasteiger partial charge in [0.25, 0.3) is 0 Å². The topological polar surface area (TPSA) is 147 Å². The number of nitrogens with zero attached hydrogens (tertiary/aromatic N) is 3. The molecular formula is C33H43F3N7O2+. The van der Waals surface area contributed by atoms with Gasteiger partial charge in [-0.2, -0.15) is 13.2 Å². The molecule has 12 heteroatoms. The third kappa shape index (κ3) is 11.4. The summed E-state index contributed by atoms with van der Waals surface area (Å²) in [6.07, 6.45) is 2.34. The molecule has 1 aromatic heterocycles. The van der Waals surface area contributed by atoms with E-state index in [0.29, 0.717) is 41.4 Å². The molecule has 1 amide bonds. The van der Waals surface area contributed by atoms with Crippen LogP contribution in [0, 0.1) is 5.41 Å². The summed E-state index contributed by atoms with van der Waals surface area (Å²) in [7, 11) is 2.10. The minimum absolute atomic E-state index is 0.0140. The van der Waals surface area contributed by atoms with Crippen molar-refractivity contribution in [2.45, 2.75) is 56.8 Å². The molecule has 1 unspecified atom stereocenters. The Morgan fingerprint density at radius 3 is 2.47 bits per heavy atom. The number of halogens is 3. The van der Waals surface area contributed by atoms with Crippen LogP contribution in [-0.2, 0) is 28.6 Å². The summed E-state index contributed by atoms with van der Waals surface area (Å²) in [4.78, 5) is 35.3.